The number of methoxy groups -OCH3 is 1. The van der Waals surface area contributed by atoms with Gasteiger partial charge in [0.05, 0.1) is 18.4 Å². The van der Waals surface area contributed by atoms with E-state index in [9.17, 15) is 5.26 Å². The van der Waals surface area contributed by atoms with Gasteiger partial charge in [-0.2, -0.15) is 5.26 Å². The molecule has 1 aromatic heterocycles. The summed E-state index contributed by atoms with van der Waals surface area (Å²) in [5, 5.41) is 9.28. The Hall–Kier alpha value is -2.80. The molecule has 0 unspecified atom stereocenters. The number of nitrogens with two attached hydrogens (primary N) is 1. The van der Waals surface area contributed by atoms with Crippen molar-refractivity contribution in [2.45, 2.75) is 0 Å². The molecule has 4 heteroatoms. The molecule has 94 valence electrons. The van der Waals surface area contributed by atoms with Crippen molar-refractivity contribution in [3.05, 3.63) is 59.9 Å². The Morgan fingerprint density at radius 3 is 2.26 bits per heavy atom. The Labute approximate surface area is 111 Å². The molecule has 0 fully saturated rings. The van der Waals surface area contributed by atoms with Crippen LogP contribution in [0.25, 0.3) is 11.3 Å². The van der Waals surface area contributed by atoms with Crippen LogP contribution >= 0.6 is 0 Å². The van der Waals surface area contributed by atoms with Gasteiger partial charge in [-0.05, 0) is 47.5 Å². The molecule has 0 saturated heterocycles. The lowest BCUT2D eigenvalue weighted by Crippen LogP contribution is -2.00. The van der Waals surface area contributed by atoms with E-state index in [1.165, 1.54) is 0 Å². The van der Waals surface area contributed by atoms with Gasteiger partial charge in [0.1, 0.15) is 11.8 Å². The molecule has 0 radical (unpaired) electrons. The molecule has 0 aliphatic carbocycles. The van der Waals surface area contributed by atoms with Crippen molar-refractivity contribution in [3.8, 4) is 11.8 Å². The van der Waals surface area contributed by atoms with E-state index in [-0.39, 0.29) is 0 Å². The summed E-state index contributed by atoms with van der Waals surface area (Å²) in [6.45, 7) is 0. The maximum absolute atomic E-state index is 9.28. The minimum absolute atomic E-state index is 0.438. The van der Waals surface area contributed by atoms with Gasteiger partial charge in [-0.15, -0.1) is 0 Å². The number of rotatable bonds is 3. The molecule has 0 atom stereocenters. The maximum atomic E-state index is 9.28. The Morgan fingerprint density at radius 1 is 1.11 bits per heavy atom. The fourth-order valence-electron chi connectivity index (χ4n) is 1.71. The van der Waals surface area contributed by atoms with Crippen LogP contribution in [0.4, 0.5) is 0 Å². The molecular formula is C15H13N3O. The number of nitrogens with zero attached hydrogens (tertiary/aromatic N) is 2. The molecule has 1 heterocycles. The van der Waals surface area contributed by atoms with E-state index in [2.05, 4.69) is 11.1 Å². The third-order valence-corrected chi connectivity index (χ3v) is 2.75. The molecule has 0 bridgehead atoms. The highest BCUT2D eigenvalue weighted by Gasteiger charge is 2.08. The molecule has 2 N–H and O–H groups in total. The molecule has 1 aromatic carbocycles. The van der Waals surface area contributed by atoms with Crippen LogP contribution < -0.4 is 10.5 Å². The summed E-state index contributed by atoms with van der Waals surface area (Å²) in [5.41, 5.74) is 8.49. The molecule has 0 amide bonds. The molecule has 2 aromatic rings. The van der Waals surface area contributed by atoms with E-state index >= 15 is 0 Å². The highest BCUT2D eigenvalue weighted by molar-refractivity contribution is 5.95. The Balaban J connectivity index is 2.46. The second-order valence-corrected chi connectivity index (χ2v) is 3.86. The minimum atomic E-state index is 0.438. The van der Waals surface area contributed by atoms with E-state index in [1.807, 2.05) is 24.3 Å². The van der Waals surface area contributed by atoms with Gasteiger partial charge in [0, 0.05) is 12.4 Å². The van der Waals surface area contributed by atoms with Crippen molar-refractivity contribution in [1.82, 2.24) is 4.98 Å². The lowest BCUT2D eigenvalue weighted by atomic mass is 10.0. The minimum Gasteiger partial charge on any atom is -0.497 e. The Morgan fingerprint density at radius 2 is 1.74 bits per heavy atom. The Kier molecular flexibility index (Phi) is 3.79. The summed E-state index contributed by atoms with van der Waals surface area (Å²) in [6.07, 6.45) is 3.27. The number of allylic oxidation sites excluding steroid dienone is 1. The average Bonchev–Trinajstić information content (AvgIpc) is 2.49. The van der Waals surface area contributed by atoms with Gasteiger partial charge in [0.25, 0.3) is 0 Å². The summed E-state index contributed by atoms with van der Waals surface area (Å²) in [7, 11) is 1.60. The molecule has 4 nitrogen and oxygen atoms in total. The third-order valence-electron chi connectivity index (χ3n) is 2.75. The van der Waals surface area contributed by atoms with E-state index in [0.29, 0.717) is 11.3 Å². The highest BCUT2D eigenvalue weighted by atomic mass is 16.5. The maximum Gasteiger partial charge on any atom is 0.118 e. The zero-order valence-corrected chi connectivity index (χ0v) is 10.5. The molecule has 0 saturated carbocycles. The highest BCUT2D eigenvalue weighted by Crippen LogP contribution is 2.23. The lowest BCUT2D eigenvalue weighted by Gasteiger charge is -2.07. The van der Waals surface area contributed by atoms with Crippen LogP contribution in [-0.2, 0) is 0 Å². The van der Waals surface area contributed by atoms with Gasteiger partial charge in [0.2, 0.25) is 0 Å². The van der Waals surface area contributed by atoms with Crippen molar-refractivity contribution in [2.24, 2.45) is 5.73 Å². The number of nitriles is 1. The smallest absolute Gasteiger partial charge is 0.118 e. The molecule has 2 rings (SSSR count). The second-order valence-electron chi connectivity index (χ2n) is 3.86. The predicted molar refractivity (Wildman–Crippen MR) is 73.8 cm³/mol. The van der Waals surface area contributed by atoms with Gasteiger partial charge in [-0.25, -0.2) is 0 Å². The summed E-state index contributed by atoms with van der Waals surface area (Å²) in [5.74, 6) is 0.749. The van der Waals surface area contributed by atoms with E-state index in [0.717, 1.165) is 16.9 Å². The van der Waals surface area contributed by atoms with Crippen LogP contribution in [0, 0.1) is 11.3 Å². The summed E-state index contributed by atoms with van der Waals surface area (Å²) in [4.78, 5) is 3.93. The molecular weight excluding hydrogens is 238 g/mol. The van der Waals surface area contributed by atoms with Crippen molar-refractivity contribution < 1.29 is 4.74 Å². The van der Waals surface area contributed by atoms with Crippen molar-refractivity contribution in [3.63, 3.8) is 0 Å². The zero-order chi connectivity index (χ0) is 13.7. The van der Waals surface area contributed by atoms with Gasteiger partial charge >= 0.3 is 0 Å². The molecule has 0 aliphatic heterocycles. The summed E-state index contributed by atoms with van der Waals surface area (Å²) < 4.78 is 5.09. The monoisotopic (exact) mass is 251 g/mol. The standard InChI is InChI=1S/C15H13N3O/c1-19-13-4-2-12(3-5-13)15(17)14(10-16)11-6-8-18-9-7-11/h2-9H,17H2,1H3/b15-14+. The van der Waals surface area contributed by atoms with Gasteiger partial charge in [-0.3, -0.25) is 4.98 Å². The normalized spacial score (nSPS) is 11.4. The van der Waals surface area contributed by atoms with Crippen molar-refractivity contribution >= 4 is 11.3 Å². The molecule has 0 aliphatic rings. The third kappa shape index (κ3) is 2.72. The Bertz CT molecular complexity index is 625. The van der Waals surface area contributed by atoms with Gasteiger partial charge in [0.15, 0.2) is 0 Å². The van der Waals surface area contributed by atoms with Crippen LogP contribution in [0.5, 0.6) is 5.75 Å². The van der Waals surface area contributed by atoms with E-state index in [4.69, 9.17) is 10.5 Å². The van der Waals surface area contributed by atoms with Crippen LogP contribution in [0.3, 0.4) is 0 Å². The van der Waals surface area contributed by atoms with Crippen molar-refractivity contribution in [2.75, 3.05) is 7.11 Å². The first-order chi connectivity index (χ1) is 9.26. The van der Waals surface area contributed by atoms with Gasteiger partial charge in [-0.1, -0.05) is 0 Å². The van der Waals surface area contributed by atoms with E-state index in [1.54, 1.807) is 31.6 Å². The van der Waals surface area contributed by atoms with E-state index < -0.39 is 0 Å². The van der Waals surface area contributed by atoms with Crippen molar-refractivity contribution in [1.29, 1.82) is 5.26 Å². The first-order valence-electron chi connectivity index (χ1n) is 5.71. The first-order valence-corrected chi connectivity index (χ1v) is 5.71. The number of benzene rings is 1. The van der Waals surface area contributed by atoms with Crippen LogP contribution in [0.15, 0.2) is 48.8 Å². The van der Waals surface area contributed by atoms with Gasteiger partial charge < -0.3 is 10.5 Å². The van der Waals surface area contributed by atoms with Crippen LogP contribution in [-0.4, -0.2) is 12.1 Å². The fraction of sp³-hybridized carbons (Fsp3) is 0.0667. The lowest BCUT2D eigenvalue weighted by molar-refractivity contribution is 0.415. The summed E-state index contributed by atoms with van der Waals surface area (Å²) >= 11 is 0. The molecule has 0 spiro atoms. The largest absolute Gasteiger partial charge is 0.497 e. The number of ether oxygens (including phenoxy) is 1. The fourth-order valence-corrected chi connectivity index (χ4v) is 1.71. The number of hydrogen-bond acceptors (Lipinski definition) is 4. The average molecular weight is 251 g/mol. The van der Waals surface area contributed by atoms with Crippen LogP contribution in [0.2, 0.25) is 0 Å². The zero-order valence-electron chi connectivity index (χ0n) is 10.5. The molecule has 19 heavy (non-hydrogen) atoms. The number of hydrogen-bond donors (Lipinski definition) is 1. The predicted octanol–water partition coefficient (Wildman–Crippen LogP) is 2.44. The first kappa shape index (κ1) is 12.7. The SMILES string of the molecule is COc1ccc(/C(N)=C(/C#N)c2ccncc2)cc1. The quantitative estimate of drug-likeness (QED) is 0.850. The topological polar surface area (TPSA) is 71.9 Å². The summed E-state index contributed by atoms with van der Waals surface area (Å²) in [6, 6.07) is 12.9. The number of pyridine rings is 1. The number of aromatic nitrogens is 1. The van der Waals surface area contributed by atoms with Crippen LogP contribution in [0.1, 0.15) is 11.1 Å². The second kappa shape index (κ2) is 5.69.